The van der Waals surface area contributed by atoms with Gasteiger partial charge < -0.3 is 15.0 Å². The molecule has 0 bridgehead atoms. The summed E-state index contributed by atoms with van der Waals surface area (Å²) in [6.07, 6.45) is 5.05. The Morgan fingerprint density at radius 3 is 2.60 bits per heavy atom. The van der Waals surface area contributed by atoms with E-state index in [4.69, 9.17) is 16.3 Å². The third-order valence-corrected chi connectivity index (χ3v) is 6.38. The van der Waals surface area contributed by atoms with E-state index in [1.807, 2.05) is 6.07 Å². The predicted octanol–water partition coefficient (Wildman–Crippen LogP) is 1.97. The van der Waals surface area contributed by atoms with E-state index in [-0.39, 0.29) is 11.6 Å². The summed E-state index contributed by atoms with van der Waals surface area (Å²) in [5, 5.41) is 12.8. The van der Waals surface area contributed by atoms with E-state index in [0.29, 0.717) is 5.69 Å². The number of anilines is 1. The topological polar surface area (TPSA) is 80.5 Å². The zero-order valence-electron chi connectivity index (χ0n) is 17.0. The molecule has 4 heterocycles. The number of piperazine rings is 1. The highest BCUT2D eigenvalue weighted by Crippen LogP contribution is 2.34. The number of hydrogen-bond donors (Lipinski definition) is 1. The van der Waals surface area contributed by atoms with Crippen molar-refractivity contribution in [2.75, 3.05) is 51.3 Å². The maximum absolute atomic E-state index is 11.8. The van der Waals surface area contributed by atoms with Gasteiger partial charge in [0, 0.05) is 38.6 Å². The minimum Gasteiger partial charge on any atom is -0.377 e. The van der Waals surface area contributed by atoms with E-state index < -0.39 is 0 Å². The fourth-order valence-corrected chi connectivity index (χ4v) is 4.49. The molecule has 158 valence electrons. The molecule has 0 aliphatic carbocycles. The second kappa shape index (κ2) is 7.26. The van der Waals surface area contributed by atoms with Crippen LogP contribution in [0.5, 0.6) is 0 Å². The molecule has 0 radical (unpaired) electrons. The largest absolute Gasteiger partial charge is 0.377 e. The van der Waals surface area contributed by atoms with E-state index in [2.05, 4.69) is 38.3 Å². The molecule has 2 saturated heterocycles. The molecule has 9 nitrogen and oxygen atoms in total. The van der Waals surface area contributed by atoms with Crippen molar-refractivity contribution in [2.45, 2.75) is 12.5 Å². The van der Waals surface area contributed by atoms with Gasteiger partial charge in [-0.2, -0.15) is 14.9 Å². The fraction of sp³-hybridized carbons (Fsp3) is 0.450. The molecule has 0 unspecified atom stereocenters. The number of nitrogens with one attached hydrogen (secondary N) is 1. The molecule has 2 fully saturated rings. The van der Waals surface area contributed by atoms with Gasteiger partial charge in [-0.05, 0) is 19.1 Å². The highest BCUT2D eigenvalue weighted by Gasteiger charge is 2.40. The van der Waals surface area contributed by atoms with Crippen molar-refractivity contribution in [3.8, 4) is 5.69 Å². The number of rotatable bonds is 3. The van der Waals surface area contributed by atoms with Crippen LogP contribution in [-0.4, -0.2) is 82.5 Å². The summed E-state index contributed by atoms with van der Waals surface area (Å²) in [5.41, 5.74) is 2.81. The van der Waals surface area contributed by atoms with Crippen LogP contribution in [0, 0.1) is 0 Å². The lowest BCUT2D eigenvalue weighted by atomic mass is 9.97. The molecule has 1 amide bonds. The Morgan fingerprint density at radius 1 is 1.17 bits per heavy atom. The van der Waals surface area contributed by atoms with E-state index >= 15 is 0 Å². The third-order valence-electron chi connectivity index (χ3n) is 6.08. The van der Waals surface area contributed by atoms with Crippen LogP contribution in [0.4, 0.5) is 10.5 Å². The molecule has 0 spiro atoms. The lowest BCUT2D eigenvalue weighted by molar-refractivity contribution is -0.131. The number of hydrogen-bond acceptors (Lipinski definition) is 6. The van der Waals surface area contributed by atoms with Crippen LogP contribution in [0.2, 0.25) is 5.02 Å². The minimum absolute atomic E-state index is 0.170. The first-order valence-corrected chi connectivity index (χ1v) is 10.4. The zero-order valence-corrected chi connectivity index (χ0v) is 17.8. The maximum atomic E-state index is 11.8. The molecule has 1 N–H and O–H groups in total. The lowest BCUT2D eigenvalue weighted by Gasteiger charge is -2.50. The third kappa shape index (κ3) is 3.13. The Morgan fingerprint density at radius 2 is 1.93 bits per heavy atom. The number of amides is 1. The van der Waals surface area contributed by atoms with Gasteiger partial charge in [0.15, 0.2) is 0 Å². The molecular weight excluding hydrogens is 406 g/mol. The van der Waals surface area contributed by atoms with Crippen molar-refractivity contribution >= 4 is 34.2 Å². The van der Waals surface area contributed by atoms with Crippen LogP contribution < -0.4 is 10.2 Å². The summed E-state index contributed by atoms with van der Waals surface area (Å²) < 4.78 is 8.46. The molecule has 2 aromatic heterocycles. The van der Waals surface area contributed by atoms with Crippen LogP contribution >= 0.6 is 11.6 Å². The standard InChI is InChI=1S/C20H24ClN7O2/c1-20(12-30-13-20)26-5-3-25(4-6-26)18-8-17-14(7-16(18)21)9-24-28(17)15-10-23-27(11-15)19(29)22-2/h7-11H,3-6,12-13H2,1-2H3,(H,22,29). The van der Waals surface area contributed by atoms with Crippen molar-refractivity contribution in [1.82, 2.24) is 29.8 Å². The van der Waals surface area contributed by atoms with Crippen molar-refractivity contribution in [3.63, 3.8) is 0 Å². The van der Waals surface area contributed by atoms with Gasteiger partial charge in [-0.25, -0.2) is 9.48 Å². The Hall–Kier alpha value is -2.62. The molecule has 5 rings (SSSR count). The first-order valence-electron chi connectivity index (χ1n) is 10.0. The number of benzene rings is 1. The Kier molecular flexibility index (Phi) is 4.68. The number of carbonyl (C=O) groups excluding carboxylic acids is 1. The number of halogens is 1. The summed E-state index contributed by atoms with van der Waals surface area (Å²) in [7, 11) is 1.57. The Labute approximate surface area is 179 Å². The molecule has 1 aromatic carbocycles. The normalized spacial score (nSPS) is 19.1. The molecule has 0 atom stereocenters. The van der Waals surface area contributed by atoms with Crippen LogP contribution in [-0.2, 0) is 4.74 Å². The fourth-order valence-electron chi connectivity index (χ4n) is 4.20. The van der Waals surface area contributed by atoms with Gasteiger partial charge in [0.25, 0.3) is 0 Å². The second-order valence-electron chi connectivity index (χ2n) is 8.08. The van der Waals surface area contributed by atoms with Crippen molar-refractivity contribution in [3.05, 3.63) is 35.7 Å². The average molecular weight is 430 g/mol. The number of fused-ring (bicyclic) bond motifs is 1. The highest BCUT2D eigenvalue weighted by molar-refractivity contribution is 6.34. The smallest absolute Gasteiger partial charge is 0.341 e. The molecule has 2 aliphatic heterocycles. The van der Waals surface area contributed by atoms with Crippen molar-refractivity contribution in [2.24, 2.45) is 0 Å². The van der Waals surface area contributed by atoms with Crippen LogP contribution in [0.1, 0.15) is 6.92 Å². The quantitative estimate of drug-likeness (QED) is 0.685. The van der Waals surface area contributed by atoms with E-state index in [1.54, 1.807) is 30.3 Å². The van der Waals surface area contributed by atoms with Gasteiger partial charge >= 0.3 is 6.03 Å². The minimum atomic E-state index is -0.301. The van der Waals surface area contributed by atoms with Crippen LogP contribution in [0.3, 0.4) is 0 Å². The monoisotopic (exact) mass is 429 g/mol. The van der Waals surface area contributed by atoms with Gasteiger partial charge in [0.05, 0.1) is 53.6 Å². The van der Waals surface area contributed by atoms with Crippen molar-refractivity contribution < 1.29 is 9.53 Å². The van der Waals surface area contributed by atoms with Gasteiger partial charge in [0.2, 0.25) is 0 Å². The van der Waals surface area contributed by atoms with Gasteiger partial charge in [-0.3, -0.25) is 4.90 Å². The molecule has 0 saturated carbocycles. The van der Waals surface area contributed by atoms with E-state index in [0.717, 1.165) is 61.0 Å². The van der Waals surface area contributed by atoms with Gasteiger partial charge in [-0.15, -0.1) is 0 Å². The molecule has 30 heavy (non-hydrogen) atoms. The summed E-state index contributed by atoms with van der Waals surface area (Å²) >= 11 is 6.64. The average Bonchev–Trinajstić information content (AvgIpc) is 3.37. The molecular formula is C20H24ClN7O2. The predicted molar refractivity (Wildman–Crippen MR) is 115 cm³/mol. The summed E-state index contributed by atoms with van der Waals surface area (Å²) in [6.45, 7) is 7.65. The first kappa shape index (κ1) is 19.3. The van der Waals surface area contributed by atoms with Gasteiger partial charge in [0.1, 0.15) is 5.69 Å². The molecule has 2 aliphatic rings. The number of nitrogens with zero attached hydrogens (tertiary/aromatic N) is 6. The van der Waals surface area contributed by atoms with Crippen LogP contribution in [0.25, 0.3) is 16.6 Å². The Balaban J connectivity index is 1.43. The van der Waals surface area contributed by atoms with Crippen molar-refractivity contribution in [1.29, 1.82) is 0 Å². The molecule has 10 heteroatoms. The lowest BCUT2D eigenvalue weighted by Crippen LogP contribution is -2.64. The maximum Gasteiger partial charge on any atom is 0.341 e. The second-order valence-corrected chi connectivity index (χ2v) is 8.49. The number of ether oxygens (including phenoxy) is 1. The highest BCUT2D eigenvalue weighted by atomic mass is 35.5. The van der Waals surface area contributed by atoms with E-state index in [9.17, 15) is 4.79 Å². The SMILES string of the molecule is CNC(=O)n1cc(-n2ncc3cc(Cl)c(N4CCN(C5(C)COC5)CC4)cc32)cn1. The summed E-state index contributed by atoms with van der Waals surface area (Å²) in [6, 6.07) is 3.72. The van der Waals surface area contributed by atoms with E-state index in [1.165, 1.54) is 4.68 Å². The Bertz CT molecular complexity index is 1100. The number of aromatic nitrogens is 4. The van der Waals surface area contributed by atoms with Gasteiger partial charge in [-0.1, -0.05) is 11.6 Å². The summed E-state index contributed by atoms with van der Waals surface area (Å²) in [5.74, 6) is 0. The first-order chi connectivity index (χ1) is 14.5. The zero-order chi connectivity index (χ0) is 20.9. The van der Waals surface area contributed by atoms with Crippen LogP contribution in [0.15, 0.2) is 30.7 Å². The summed E-state index contributed by atoms with van der Waals surface area (Å²) in [4.78, 5) is 16.6. The number of carbonyl (C=O) groups is 1. The molecule has 3 aromatic rings.